The number of anilines is 1. The van der Waals surface area contributed by atoms with Gasteiger partial charge in [0.1, 0.15) is 5.82 Å². The summed E-state index contributed by atoms with van der Waals surface area (Å²) in [6.45, 7) is 0. The van der Waals surface area contributed by atoms with Gasteiger partial charge < -0.3 is 10.2 Å². The number of pyridine rings is 1. The van der Waals surface area contributed by atoms with E-state index in [2.05, 4.69) is 10.3 Å². The number of benzene rings is 1. The number of hydrogen-bond acceptors (Lipinski definition) is 5. The number of thiophene rings is 1. The van der Waals surface area contributed by atoms with E-state index in [1.54, 1.807) is 48.7 Å². The van der Waals surface area contributed by atoms with Crippen LogP contribution in [0.15, 0.2) is 60.0 Å². The van der Waals surface area contributed by atoms with Gasteiger partial charge in [-0.15, -0.1) is 11.3 Å². The first-order valence-electron chi connectivity index (χ1n) is 7.83. The molecule has 124 valence electrons. The van der Waals surface area contributed by atoms with Gasteiger partial charge in [0, 0.05) is 12.6 Å². The molecule has 1 aliphatic rings. The number of carbonyl (C=O) groups excluding carboxylic acids is 2. The van der Waals surface area contributed by atoms with Crippen LogP contribution in [0.4, 0.5) is 5.82 Å². The van der Waals surface area contributed by atoms with Crippen molar-refractivity contribution in [3.63, 3.8) is 0 Å². The SMILES string of the molecule is CN1C(=O)c2ccc(-c3cccs3)nc2NC1C(=O)c1ccccc1. The van der Waals surface area contributed by atoms with E-state index < -0.39 is 6.17 Å². The number of ketones is 1. The number of likely N-dealkylation sites (N-methyl/N-ethyl adjacent to an activating group) is 1. The molecular weight excluding hydrogens is 334 g/mol. The minimum Gasteiger partial charge on any atom is -0.343 e. The summed E-state index contributed by atoms with van der Waals surface area (Å²) in [7, 11) is 1.62. The molecule has 2 aromatic heterocycles. The first kappa shape index (κ1) is 15.5. The highest BCUT2D eigenvalue weighted by Crippen LogP contribution is 2.29. The highest BCUT2D eigenvalue weighted by molar-refractivity contribution is 7.13. The molecule has 4 rings (SSSR count). The Morgan fingerprint density at radius 2 is 1.92 bits per heavy atom. The number of fused-ring (bicyclic) bond motifs is 1. The van der Waals surface area contributed by atoms with Crippen molar-refractivity contribution in [3.05, 3.63) is 71.1 Å². The van der Waals surface area contributed by atoms with E-state index in [9.17, 15) is 9.59 Å². The molecule has 0 saturated heterocycles. The van der Waals surface area contributed by atoms with Gasteiger partial charge in [-0.2, -0.15) is 0 Å². The van der Waals surface area contributed by atoms with Crippen LogP contribution >= 0.6 is 11.3 Å². The molecule has 1 aromatic carbocycles. The third-order valence-electron chi connectivity index (χ3n) is 4.19. The molecule has 3 aromatic rings. The molecule has 3 heterocycles. The lowest BCUT2D eigenvalue weighted by atomic mass is 10.0. The van der Waals surface area contributed by atoms with E-state index in [1.807, 2.05) is 29.6 Å². The maximum absolute atomic E-state index is 12.8. The zero-order valence-electron chi connectivity index (χ0n) is 13.5. The Morgan fingerprint density at radius 3 is 2.64 bits per heavy atom. The second kappa shape index (κ2) is 6.14. The fourth-order valence-corrected chi connectivity index (χ4v) is 3.53. The summed E-state index contributed by atoms with van der Waals surface area (Å²) in [5, 5.41) is 5.10. The Balaban J connectivity index is 1.72. The van der Waals surface area contributed by atoms with Crippen molar-refractivity contribution < 1.29 is 9.59 Å². The van der Waals surface area contributed by atoms with E-state index in [-0.39, 0.29) is 11.7 Å². The van der Waals surface area contributed by atoms with Crippen molar-refractivity contribution in [3.8, 4) is 10.6 Å². The van der Waals surface area contributed by atoms with Crippen LogP contribution < -0.4 is 5.32 Å². The number of nitrogens with zero attached hydrogens (tertiary/aromatic N) is 2. The monoisotopic (exact) mass is 349 g/mol. The maximum Gasteiger partial charge on any atom is 0.259 e. The lowest BCUT2D eigenvalue weighted by Crippen LogP contribution is -2.51. The fraction of sp³-hybridized carbons (Fsp3) is 0.105. The fourth-order valence-electron chi connectivity index (χ4n) is 2.84. The minimum absolute atomic E-state index is 0.162. The Kier molecular flexibility index (Phi) is 3.82. The zero-order chi connectivity index (χ0) is 17.4. The van der Waals surface area contributed by atoms with Crippen LogP contribution in [-0.4, -0.2) is 34.8 Å². The van der Waals surface area contributed by atoms with Gasteiger partial charge in [-0.3, -0.25) is 9.59 Å². The Bertz CT molecular complexity index is 939. The van der Waals surface area contributed by atoms with Crippen LogP contribution in [0, 0.1) is 0 Å². The normalized spacial score (nSPS) is 16.3. The van der Waals surface area contributed by atoms with Gasteiger partial charge >= 0.3 is 0 Å². The van der Waals surface area contributed by atoms with Crippen molar-refractivity contribution in [2.24, 2.45) is 0 Å². The van der Waals surface area contributed by atoms with Gasteiger partial charge in [-0.05, 0) is 23.6 Å². The van der Waals surface area contributed by atoms with Gasteiger partial charge in [0.25, 0.3) is 5.91 Å². The maximum atomic E-state index is 12.8. The molecule has 0 fully saturated rings. The summed E-state index contributed by atoms with van der Waals surface area (Å²) in [5.74, 6) is 0.0713. The van der Waals surface area contributed by atoms with Gasteiger partial charge in [0.15, 0.2) is 6.17 Å². The number of nitrogens with one attached hydrogen (secondary N) is 1. The molecule has 0 aliphatic carbocycles. The molecule has 5 nitrogen and oxygen atoms in total. The average molecular weight is 349 g/mol. The van der Waals surface area contributed by atoms with Crippen molar-refractivity contribution in [2.75, 3.05) is 12.4 Å². The van der Waals surface area contributed by atoms with E-state index in [1.165, 1.54) is 4.90 Å². The zero-order valence-corrected chi connectivity index (χ0v) is 14.3. The van der Waals surface area contributed by atoms with Crippen LogP contribution in [0.1, 0.15) is 20.7 Å². The van der Waals surface area contributed by atoms with Gasteiger partial charge in [-0.1, -0.05) is 36.4 Å². The summed E-state index contributed by atoms with van der Waals surface area (Å²) in [6.07, 6.45) is -0.770. The molecule has 0 radical (unpaired) electrons. The highest BCUT2D eigenvalue weighted by Gasteiger charge is 2.35. The third kappa shape index (κ3) is 2.70. The quantitative estimate of drug-likeness (QED) is 0.735. The van der Waals surface area contributed by atoms with E-state index in [0.717, 1.165) is 10.6 Å². The lowest BCUT2D eigenvalue weighted by molar-refractivity contribution is 0.0668. The number of hydrogen-bond donors (Lipinski definition) is 1. The molecular formula is C19H15N3O2S. The van der Waals surface area contributed by atoms with Gasteiger partial charge in [0.2, 0.25) is 5.78 Å². The van der Waals surface area contributed by atoms with Crippen LogP contribution in [0.25, 0.3) is 10.6 Å². The number of carbonyl (C=O) groups is 2. The third-order valence-corrected chi connectivity index (χ3v) is 5.08. The summed E-state index contributed by atoms with van der Waals surface area (Å²) in [6, 6.07) is 16.5. The van der Waals surface area contributed by atoms with E-state index in [0.29, 0.717) is 16.9 Å². The summed E-state index contributed by atoms with van der Waals surface area (Å²) in [5.41, 5.74) is 1.81. The number of aromatic nitrogens is 1. The van der Waals surface area contributed by atoms with Crippen molar-refractivity contribution in [1.82, 2.24) is 9.88 Å². The summed E-state index contributed by atoms with van der Waals surface area (Å²) >= 11 is 1.58. The van der Waals surface area contributed by atoms with E-state index >= 15 is 0 Å². The van der Waals surface area contributed by atoms with Crippen LogP contribution in [0.5, 0.6) is 0 Å². The number of amides is 1. The van der Waals surface area contributed by atoms with Crippen molar-refractivity contribution in [1.29, 1.82) is 0 Å². The van der Waals surface area contributed by atoms with Crippen LogP contribution in [0.2, 0.25) is 0 Å². The molecule has 1 aliphatic heterocycles. The highest BCUT2D eigenvalue weighted by atomic mass is 32.1. The topological polar surface area (TPSA) is 62.3 Å². The first-order valence-corrected chi connectivity index (χ1v) is 8.71. The molecule has 25 heavy (non-hydrogen) atoms. The lowest BCUT2D eigenvalue weighted by Gasteiger charge is -2.33. The molecule has 6 heteroatoms. The molecule has 1 unspecified atom stereocenters. The van der Waals surface area contributed by atoms with Gasteiger partial charge in [-0.25, -0.2) is 4.98 Å². The summed E-state index contributed by atoms with van der Waals surface area (Å²) in [4.78, 5) is 32.5. The Morgan fingerprint density at radius 1 is 1.12 bits per heavy atom. The molecule has 1 atom stereocenters. The minimum atomic E-state index is -0.770. The number of Topliss-reactive ketones (excluding diaryl/α,β-unsaturated/α-hetero) is 1. The molecule has 0 bridgehead atoms. The second-order valence-corrected chi connectivity index (χ2v) is 6.71. The van der Waals surface area contributed by atoms with E-state index in [4.69, 9.17) is 0 Å². The first-order chi connectivity index (χ1) is 12.1. The molecule has 1 amide bonds. The molecule has 0 spiro atoms. The Labute approximate surface area is 148 Å². The molecule has 0 saturated carbocycles. The van der Waals surface area contributed by atoms with Crippen molar-refractivity contribution in [2.45, 2.75) is 6.17 Å². The predicted molar refractivity (Wildman–Crippen MR) is 97.8 cm³/mol. The van der Waals surface area contributed by atoms with Crippen LogP contribution in [0.3, 0.4) is 0 Å². The summed E-state index contributed by atoms with van der Waals surface area (Å²) < 4.78 is 0. The van der Waals surface area contributed by atoms with Crippen LogP contribution in [-0.2, 0) is 0 Å². The standard InChI is InChI=1S/C19H15N3O2S/c1-22-18(16(23)12-6-3-2-4-7-12)21-17-13(19(22)24)9-10-14(20-17)15-8-5-11-25-15/h2-11,18H,1H3,(H,20,21). The predicted octanol–water partition coefficient (Wildman–Crippen LogP) is 3.52. The van der Waals surface area contributed by atoms with Crippen molar-refractivity contribution >= 4 is 28.8 Å². The average Bonchev–Trinajstić information content (AvgIpc) is 3.19. The largest absolute Gasteiger partial charge is 0.343 e. The number of rotatable bonds is 3. The smallest absolute Gasteiger partial charge is 0.259 e. The molecule has 1 N–H and O–H groups in total. The van der Waals surface area contributed by atoms with Gasteiger partial charge in [0.05, 0.1) is 16.1 Å². The Hall–Kier alpha value is -2.99. The second-order valence-electron chi connectivity index (χ2n) is 5.76.